The van der Waals surface area contributed by atoms with Crippen LogP contribution in [-0.4, -0.2) is 53.2 Å². The fourth-order valence-corrected chi connectivity index (χ4v) is 4.91. The van der Waals surface area contributed by atoms with Crippen molar-refractivity contribution in [3.05, 3.63) is 59.7 Å². The second kappa shape index (κ2) is 9.02. The number of amides is 2. The fraction of sp³-hybridized carbons (Fsp3) is 0.400. The van der Waals surface area contributed by atoms with Crippen molar-refractivity contribution in [1.29, 1.82) is 0 Å². The van der Waals surface area contributed by atoms with E-state index in [0.717, 1.165) is 22.3 Å². The molecule has 2 aliphatic rings. The van der Waals surface area contributed by atoms with E-state index < -0.39 is 30.1 Å². The number of hydrogen-bond acceptors (Lipinski definition) is 4. The van der Waals surface area contributed by atoms with Crippen molar-refractivity contribution in [1.82, 2.24) is 10.2 Å². The highest BCUT2D eigenvalue weighted by Crippen LogP contribution is 2.44. The number of likely N-dealkylation sites (tertiary alicyclic amines) is 1. The monoisotopic (exact) mass is 436 g/mol. The molecule has 1 saturated heterocycles. The summed E-state index contributed by atoms with van der Waals surface area (Å²) >= 11 is 0. The average Bonchev–Trinajstić information content (AvgIpc) is 3.11. The predicted octanol–water partition coefficient (Wildman–Crippen LogP) is 3.63. The average molecular weight is 437 g/mol. The number of hydrogen-bond donors (Lipinski definition) is 2. The van der Waals surface area contributed by atoms with Crippen LogP contribution in [0.3, 0.4) is 0 Å². The lowest BCUT2D eigenvalue weighted by molar-refractivity contribution is -0.149. The Morgan fingerprint density at radius 2 is 1.69 bits per heavy atom. The predicted molar refractivity (Wildman–Crippen MR) is 119 cm³/mol. The van der Waals surface area contributed by atoms with Crippen molar-refractivity contribution in [2.45, 2.75) is 44.7 Å². The molecule has 32 heavy (non-hydrogen) atoms. The Kier molecular flexibility index (Phi) is 6.17. The zero-order valence-corrected chi connectivity index (χ0v) is 18.3. The van der Waals surface area contributed by atoms with E-state index in [9.17, 15) is 19.5 Å². The van der Waals surface area contributed by atoms with Gasteiger partial charge >= 0.3 is 12.1 Å². The quantitative estimate of drug-likeness (QED) is 0.746. The normalized spacial score (nSPS) is 20.8. The summed E-state index contributed by atoms with van der Waals surface area (Å²) in [7, 11) is 0. The Balaban J connectivity index is 1.37. The molecular formula is C25H28N2O5. The van der Waals surface area contributed by atoms with E-state index in [1.54, 1.807) is 18.7 Å². The second-order valence-corrected chi connectivity index (χ2v) is 8.55. The first-order chi connectivity index (χ1) is 15.4. The van der Waals surface area contributed by atoms with Gasteiger partial charge in [0.05, 0.1) is 5.92 Å². The van der Waals surface area contributed by atoms with Crippen molar-refractivity contribution in [2.75, 3.05) is 13.2 Å². The lowest BCUT2D eigenvalue weighted by Crippen LogP contribution is -2.55. The van der Waals surface area contributed by atoms with Crippen LogP contribution in [0.5, 0.6) is 0 Å². The third kappa shape index (κ3) is 4.07. The highest BCUT2D eigenvalue weighted by atomic mass is 16.5. The number of rotatable bonds is 5. The summed E-state index contributed by atoms with van der Waals surface area (Å²) in [5.74, 6) is -1.84. The molecule has 7 heteroatoms. The van der Waals surface area contributed by atoms with E-state index in [1.165, 1.54) is 0 Å². The number of nitrogens with zero attached hydrogens (tertiary/aromatic N) is 1. The van der Waals surface area contributed by atoms with Gasteiger partial charge in [-0.25, -0.2) is 4.79 Å². The molecule has 2 aromatic rings. The minimum Gasteiger partial charge on any atom is -0.481 e. The number of carboxylic acids is 1. The number of fused-ring (bicyclic) bond motifs is 3. The van der Waals surface area contributed by atoms with E-state index in [0.29, 0.717) is 19.4 Å². The van der Waals surface area contributed by atoms with Crippen molar-refractivity contribution >= 4 is 18.0 Å². The van der Waals surface area contributed by atoms with Crippen LogP contribution in [0.4, 0.5) is 4.79 Å². The smallest absolute Gasteiger partial charge is 0.407 e. The number of nitrogens with one attached hydrogen (secondary N) is 1. The zero-order valence-electron chi connectivity index (χ0n) is 18.3. The van der Waals surface area contributed by atoms with Crippen LogP contribution in [0.1, 0.15) is 43.7 Å². The topological polar surface area (TPSA) is 95.9 Å². The molecule has 7 nitrogen and oxygen atoms in total. The van der Waals surface area contributed by atoms with E-state index in [2.05, 4.69) is 17.4 Å². The summed E-state index contributed by atoms with van der Waals surface area (Å²) in [6, 6.07) is 14.9. The second-order valence-electron chi connectivity index (χ2n) is 8.55. The maximum atomic E-state index is 12.9. The van der Waals surface area contributed by atoms with Crippen LogP contribution in [-0.2, 0) is 14.3 Å². The Bertz CT molecular complexity index is 991. The molecule has 4 rings (SSSR count). The van der Waals surface area contributed by atoms with Gasteiger partial charge in [0.2, 0.25) is 5.91 Å². The van der Waals surface area contributed by atoms with Gasteiger partial charge in [0.25, 0.3) is 0 Å². The fourth-order valence-electron chi connectivity index (χ4n) is 4.91. The summed E-state index contributed by atoms with van der Waals surface area (Å²) in [6.07, 6.45) is 0.520. The first-order valence-electron chi connectivity index (χ1n) is 11.0. The number of carbonyl (C=O) groups is 3. The van der Waals surface area contributed by atoms with Gasteiger partial charge in [-0.2, -0.15) is 0 Å². The SMILES string of the molecule is C[C@@H]1[C@H](C(=O)O)CCCN1C(=O)[C@@H](C)NC(=O)OCC1c2ccccc2-c2ccccc21. The first-order valence-corrected chi connectivity index (χ1v) is 11.0. The number of ether oxygens (including phenoxy) is 1. The molecule has 1 aliphatic carbocycles. The number of carboxylic acid groups (broad SMARTS) is 1. The maximum Gasteiger partial charge on any atom is 0.407 e. The van der Waals surface area contributed by atoms with Crippen LogP contribution in [0, 0.1) is 5.92 Å². The Hall–Kier alpha value is -3.35. The molecule has 2 amide bonds. The molecule has 1 aliphatic heterocycles. The minimum atomic E-state index is -0.896. The lowest BCUT2D eigenvalue weighted by atomic mass is 9.90. The van der Waals surface area contributed by atoms with Crippen molar-refractivity contribution in [2.24, 2.45) is 5.92 Å². The summed E-state index contributed by atoms with van der Waals surface area (Å²) in [4.78, 5) is 38.3. The molecule has 0 saturated carbocycles. The molecule has 0 aromatic heterocycles. The van der Waals surface area contributed by atoms with Gasteiger partial charge in [0, 0.05) is 18.5 Å². The highest BCUT2D eigenvalue weighted by Gasteiger charge is 2.37. The van der Waals surface area contributed by atoms with Gasteiger partial charge in [-0.3, -0.25) is 9.59 Å². The summed E-state index contributed by atoms with van der Waals surface area (Å²) in [5, 5.41) is 12.0. The van der Waals surface area contributed by atoms with E-state index in [-0.39, 0.29) is 18.4 Å². The van der Waals surface area contributed by atoms with Crippen LogP contribution in [0.25, 0.3) is 11.1 Å². The Labute approximate surface area is 187 Å². The van der Waals surface area contributed by atoms with Crippen molar-refractivity contribution in [3.63, 3.8) is 0 Å². The maximum absolute atomic E-state index is 12.9. The molecule has 168 valence electrons. The Morgan fingerprint density at radius 1 is 1.09 bits per heavy atom. The van der Waals surface area contributed by atoms with E-state index in [1.807, 2.05) is 36.4 Å². The van der Waals surface area contributed by atoms with Crippen LogP contribution >= 0.6 is 0 Å². The lowest BCUT2D eigenvalue weighted by Gasteiger charge is -2.38. The third-order valence-corrected chi connectivity index (χ3v) is 6.64. The molecule has 0 spiro atoms. The molecule has 0 unspecified atom stereocenters. The van der Waals surface area contributed by atoms with Gasteiger partial charge in [0.1, 0.15) is 12.6 Å². The highest BCUT2D eigenvalue weighted by molar-refractivity contribution is 5.86. The molecular weight excluding hydrogens is 408 g/mol. The first kappa shape index (κ1) is 21.9. The standard InChI is InChI=1S/C25H28N2O5/c1-15(23(28)27-13-7-12-17(16(27)2)24(29)30)26-25(31)32-14-22-20-10-5-3-8-18(20)19-9-4-6-11-21(19)22/h3-6,8-11,15-17,22H,7,12-14H2,1-2H3,(H,26,31)(H,29,30)/t15-,16-,17-/m1/s1. The minimum absolute atomic E-state index is 0.0578. The van der Waals surface area contributed by atoms with Crippen LogP contribution in [0.15, 0.2) is 48.5 Å². The number of aliphatic carboxylic acids is 1. The van der Waals surface area contributed by atoms with Gasteiger partial charge in [0.15, 0.2) is 0 Å². The van der Waals surface area contributed by atoms with Gasteiger partial charge in [-0.15, -0.1) is 0 Å². The largest absolute Gasteiger partial charge is 0.481 e. The molecule has 2 N–H and O–H groups in total. The van der Waals surface area contributed by atoms with Gasteiger partial charge < -0.3 is 20.1 Å². The van der Waals surface area contributed by atoms with E-state index in [4.69, 9.17) is 4.74 Å². The zero-order chi connectivity index (χ0) is 22.8. The number of piperidine rings is 1. The van der Waals surface area contributed by atoms with Crippen molar-refractivity contribution < 1.29 is 24.2 Å². The molecule has 1 heterocycles. The molecule has 0 radical (unpaired) electrons. The summed E-state index contributed by atoms with van der Waals surface area (Å²) in [6.45, 7) is 4.00. The van der Waals surface area contributed by atoms with E-state index >= 15 is 0 Å². The van der Waals surface area contributed by atoms with Crippen LogP contribution in [0.2, 0.25) is 0 Å². The van der Waals surface area contributed by atoms with Crippen LogP contribution < -0.4 is 5.32 Å². The Morgan fingerprint density at radius 3 is 2.28 bits per heavy atom. The molecule has 3 atom stereocenters. The number of carbonyl (C=O) groups excluding carboxylic acids is 2. The van der Waals surface area contributed by atoms with Gasteiger partial charge in [-0.1, -0.05) is 48.5 Å². The van der Waals surface area contributed by atoms with Gasteiger partial charge in [-0.05, 0) is 48.9 Å². The number of benzene rings is 2. The third-order valence-electron chi connectivity index (χ3n) is 6.64. The molecule has 1 fully saturated rings. The summed E-state index contributed by atoms with van der Waals surface area (Å²) < 4.78 is 5.52. The summed E-state index contributed by atoms with van der Waals surface area (Å²) in [5.41, 5.74) is 4.53. The molecule has 0 bridgehead atoms. The molecule has 2 aromatic carbocycles. The number of alkyl carbamates (subject to hydrolysis) is 1. The van der Waals surface area contributed by atoms with Crippen molar-refractivity contribution in [3.8, 4) is 11.1 Å².